The molecule has 5 heteroatoms. The molecule has 0 N–H and O–H groups in total. The van der Waals surface area contributed by atoms with Gasteiger partial charge in [0.05, 0.1) is 6.61 Å². The fraction of sp³-hybridized carbons (Fsp3) is 0.857. The second-order valence-corrected chi connectivity index (χ2v) is 4.93. The molecule has 0 aliphatic rings. The Morgan fingerprint density at radius 3 is 2.26 bits per heavy atom. The summed E-state index contributed by atoms with van der Waals surface area (Å²) in [5.74, 6) is -0.313. The number of esters is 1. The van der Waals surface area contributed by atoms with Crippen LogP contribution in [-0.4, -0.2) is 30.5 Å². The fourth-order valence-electron chi connectivity index (χ4n) is 1.74. The molecule has 1 unspecified atom stereocenters. The zero-order chi connectivity index (χ0) is 14.3. The van der Waals surface area contributed by atoms with E-state index in [0.29, 0.717) is 6.61 Å². The van der Waals surface area contributed by atoms with Crippen molar-refractivity contribution < 1.29 is 14.3 Å². The van der Waals surface area contributed by atoms with Crippen LogP contribution in [0.3, 0.4) is 0 Å². The maximum Gasteiger partial charge on any atom is 0.332 e. The third-order valence-electron chi connectivity index (χ3n) is 2.90. The van der Waals surface area contributed by atoms with Gasteiger partial charge in [0.15, 0.2) is 6.04 Å². The van der Waals surface area contributed by atoms with Gasteiger partial charge in [0.2, 0.25) is 6.08 Å². The Morgan fingerprint density at radius 2 is 1.74 bits per heavy atom. The molecule has 0 aromatic rings. The summed E-state index contributed by atoms with van der Waals surface area (Å²) >= 11 is 3.93. The zero-order valence-corrected chi connectivity index (χ0v) is 12.7. The molecule has 0 aromatic heterocycles. The van der Waals surface area contributed by atoms with Crippen LogP contribution in [0.5, 0.6) is 0 Å². The number of isocyanates is 1. The minimum absolute atomic E-state index is 0.172. The zero-order valence-electron chi connectivity index (χ0n) is 11.8. The van der Waals surface area contributed by atoms with Gasteiger partial charge in [0.25, 0.3) is 0 Å². The minimum Gasteiger partial charge on any atom is -0.464 e. The number of hydrogen-bond acceptors (Lipinski definition) is 5. The molecule has 0 amide bonds. The molecule has 1 atom stereocenters. The quantitative estimate of drug-likeness (QED) is 0.197. The summed E-state index contributed by atoms with van der Waals surface area (Å²) in [7, 11) is 0. The second kappa shape index (κ2) is 13.6. The lowest BCUT2D eigenvalue weighted by molar-refractivity contribution is -0.144. The third kappa shape index (κ3) is 10.8. The number of carbonyl (C=O) groups is 1. The first-order valence-corrected chi connectivity index (χ1v) is 7.74. The number of aliphatic imine (C=N–C) groups is 1. The van der Waals surface area contributed by atoms with Crippen LogP contribution >= 0.6 is 12.6 Å². The molecular weight excluding hydrogens is 262 g/mol. The van der Waals surface area contributed by atoms with E-state index >= 15 is 0 Å². The highest BCUT2D eigenvalue weighted by Crippen LogP contribution is 2.08. The van der Waals surface area contributed by atoms with E-state index in [0.717, 1.165) is 12.8 Å². The Labute approximate surface area is 121 Å². The van der Waals surface area contributed by atoms with Crippen molar-refractivity contribution in [2.45, 2.75) is 64.3 Å². The molecule has 0 fully saturated rings. The van der Waals surface area contributed by atoms with E-state index in [2.05, 4.69) is 24.5 Å². The van der Waals surface area contributed by atoms with Crippen molar-refractivity contribution in [2.75, 3.05) is 12.4 Å². The van der Waals surface area contributed by atoms with Crippen LogP contribution < -0.4 is 0 Å². The van der Waals surface area contributed by atoms with Crippen LogP contribution in [-0.2, 0) is 14.3 Å². The predicted molar refractivity (Wildman–Crippen MR) is 79.3 cm³/mol. The predicted octanol–water partition coefficient (Wildman–Crippen LogP) is 3.30. The number of hydrogen-bond donors (Lipinski definition) is 1. The van der Waals surface area contributed by atoms with Crippen molar-refractivity contribution in [2.24, 2.45) is 4.99 Å². The van der Waals surface area contributed by atoms with Crippen LogP contribution in [0, 0.1) is 0 Å². The second-order valence-electron chi connectivity index (χ2n) is 4.56. The summed E-state index contributed by atoms with van der Waals surface area (Å²) in [6, 6.07) is -0.810. The van der Waals surface area contributed by atoms with Crippen LogP contribution in [0.1, 0.15) is 58.3 Å². The standard InChI is InChI=1S/C14H25NO3S/c1-2-3-4-5-6-7-8-9-10-18-14(17)13(11-19)15-12-16/h13,19H,2-11H2,1H3. The van der Waals surface area contributed by atoms with E-state index < -0.39 is 12.0 Å². The van der Waals surface area contributed by atoms with E-state index in [1.165, 1.54) is 44.6 Å². The molecule has 0 bridgehead atoms. The maximum atomic E-state index is 11.4. The number of thiol groups is 1. The maximum absolute atomic E-state index is 11.4. The summed E-state index contributed by atoms with van der Waals surface area (Å²) in [5, 5.41) is 0. The first-order valence-electron chi connectivity index (χ1n) is 7.10. The SMILES string of the molecule is CCCCCCCCCCOC(=O)C(CS)N=C=O. The van der Waals surface area contributed by atoms with Gasteiger partial charge in [-0.15, -0.1) is 0 Å². The van der Waals surface area contributed by atoms with Crippen LogP contribution in [0.15, 0.2) is 4.99 Å². The molecule has 0 aliphatic heterocycles. The summed E-state index contributed by atoms with van der Waals surface area (Å²) in [5.41, 5.74) is 0. The molecule has 0 aromatic carbocycles. The van der Waals surface area contributed by atoms with Gasteiger partial charge in [-0.3, -0.25) is 0 Å². The number of carbonyl (C=O) groups excluding carboxylic acids is 2. The van der Waals surface area contributed by atoms with E-state index in [4.69, 9.17) is 4.74 Å². The molecule has 0 saturated heterocycles. The fourth-order valence-corrected chi connectivity index (χ4v) is 1.97. The van der Waals surface area contributed by atoms with Crippen molar-refractivity contribution >= 4 is 24.7 Å². The molecule has 110 valence electrons. The van der Waals surface area contributed by atoms with Crippen molar-refractivity contribution in [3.05, 3.63) is 0 Å². The number of unbranched alkanes of at least 4 members (excludes halogenated alkanes) is 7. The Balaban J connectivity index is 3.43. The van der Waals surface area contributed by atoms with Gasteiger partial charge in [0.1, 0.15) is 0 Å². The largest absolute Gasteiger partial charge is 0.464 e. The van der Waals surface area contributed by atoms with Gasteiger partial charge in [0, 0.05) is 5.75 Å². The lowest BCUT2D eigenvalue weighted by atomic mass is 10.1. The lowest BCUT2D eigenvalue weighted by Gasteiger charge is -2.08. The van der Waals surface area contributed by atoms with Crippen LogP contribution in [0.2, 0.25) is 0 Å². The topological polar surface area (TPSA) is 55.7 Å². The summed E-state index contributed by atoms with van der Waals surface area (Å²) in [4.78, 5) is 24.8. The van der Waals surface area contributed by atoms with E-state index in [9.17, 15) is 9.59 Å². The molecular formula is C14H25NO3S. The van der Waals surface area contributed by atoms with Crippen molar-refractivity contribution in [1.82, 2.24) is 0 Å². The molecule has 0 aliphatic carbocycles. The molecule has 0 radical (unpaired) electrons. The van der Waals surface area contributed by atoms with Gasteiger partial charge in [-0.25, -0.2) is 9.59 Å². The number of rotatable bonds is 12. The highest BCUT2D eigenvalue weighted by molar-refractivity contribution is 7.80. The van der Waals surface area contributed by atoms with E-state index in [1.54, 1.807) is 0 Å². The van der Waals surface area contributed by atoms with Gasteiger partial charge in [-0.05, 0) is 6.42 Å². The molecule has 4 nitrogen and oxygen atoms in total. The Hall–Kier alpha value is -0.800. The average Bonchev–Trinajstić information content (AvgIpc) is 2.42. The van der Waals surface area contributed by atoms with E-state index in [-0.39, 0.29) is 5.75 Å². The monoisotopic (exact) mass is 287 g/mol. The molecule has 0 spiro atoms. The molecule has 0 rings (SSSR count). The highest BCUT2D eigenvalue weighted by Gasteiger charge is 2.16. The summed E-state index contributed by atoms with van der Waals surface area (Å²) < 4.78 is 5.03. The minimum atomic E-state index is -0.810. The third-order valence-corrected chi connectivity index (χ3v) is 3.24. The van der Waals surface area contributed by atoms with Crippen molar-refractivity contribution in [3.63, 3.8) is 0 Å². The Morgan fingerprint density at radius 1 is 1.16 bits per heavy atom. The van der Waals surface area contributed by atoms with Crippen molar-refractivity contribution in [1.29, 1.82) is 0 Å². The van der Waals surface area contributed by atoms with Gasteiger partial charge in [-0.1, -0.05) is 51.9 Å². The smallest absolute Gasteiger partial charge is 0.332 e. The molecule has 0 saturated carbocycles. The van der Waals surface area contributed by atoms with Gasteiger partial charge >= 0.3 is 5.97 Å². The molecule has 0 heterocycles. The highest BCUT2D eigenvalue weighted by atomic mass is 32.1. The average molecular weight is 287 g/mol. The van der Waals surface area contributed by atoms with Crippen molar-refractivity contribution in [3.8, 4) is 0 Å². The van der Waals surface area contributed by atoms with Crippen LogP contribution in [0.25, 0.3) is 0 Å². The van der Waals surface area contributed by atoms with E-state index in [1.807, 2.05) is 0 Å². The Bertz CT molecular complexity index is 278. The first kappa shape index (κ1) is 18.2. The van der Waals surface area contributed by atoms with Crippen LogP contribution in [0.4, 0.5) is 0 Å². The molecule has 19 heavy (non-hydrogen) atoms. The lowest BCUT2D eigenvalue weighted by Crippen LogP contribution is -2.23. The normalized spacial score (nSPS) is 11.7. The number of ether oxygens (including phenoxy) is 1. The summed E-state index contributed by atoms with van der Waals surface area (Å²) in [6.45, 7) is 2.60. The Kier molecular flexibility index (Phi) is 13.1. The number of nitrogens with zero attached hydrogens (tertiary/aromatic N) is 1. The first-order chi connectivity index (χ1) is 9.26. The van der Waals surface area contributed by atoms with Gasteiger partial charge in [-0.2, -0.15) is 17.6 Å². The summed E-state index contributed by atoms with van der Waals surface area (Å²) in [6.07, 6.45) is 10.9. The van der Waals surface area contributed by atoms with Gasteiger partial charge < -0.3 is 4.74 Å².